The van der Waals surface area contributed by atoms with Gasteiger partial charge in [0.2, 0.25) is 0 Å². The first-order chi connectivity index (χ1) is 17.2. The fourth-order valence-electron chi connectivity index (χ4n) is 4.00. The normalized spacial score (nSPS) is 18.0. The molecule has 0 spiro atoms. The van der Waals surface area contributed by atoms with E-state index >= 15 is 0 Å². The number of amides is 1. The average Bonchev–Trinajstić information content (AvgIpc) is 3.57. The lowest BCUT2D eigenvalue weighted by molar-refractivity contribution is 0.0540. The van der Waals surface area contributed by atoms with Crippen LogP contribution in [0, 0.1) is 6.92 Å². The number of anilines is 1. The Kier molecular flexibility index (Phi) is 8.30. The summed E-state index contributed by atoms with van der Waals surface area (Å²) in [5.41, 5.74) is 1.30. The predicted octanol–water partition coefficient (Wildman–Crippen LogP) is 2.82. The molecule has 1 aliphatic heterocycles. The van der Waals surface area contributed by atoms with E-state index in [0.29, 0.717) is 64.5 Å². The molecule has 36 heavy (non-hydrogen) atoms. The maximum absolute atomic E-state index is 12.9. The highest BCUT2D eigenvalue weighted by molar-refractivity contribution is 9.10. The number of thiazole rings is 1. The lowest BCUT2D eigenvalue weighted by atomic mass is 10.0. The van der Waals surface area contributed by atoms with Gasteiger partial charge in [-0.15, -0.1) is 10.2 Å². The molecular weight excluding hydrogens is 578 g/mol. The van der Waals surface area contributed by atoms with Crippen LogP contribution in [-0.4, -0.2) is 87.8 Å². The van der Waals surface area contributed by atoms with Crippen LogP contribution in [0.1, 0.15) is 32.3 Å². The Labute approximate surface area is 224 Å². The number of ether oxygens (including phenoxy) is 2. The molecule has 3 aromatic rings. The van der Waals surface area contributed by atoms with Crippen molar-refractivity contribution in [3.05, 3.63) is 32.1 Å². The van der Waals surface area contributed by atoms with Crippen molar-refractivity contribution in [1.29, 1.82) is 0 Å². The van der Waals surface area contributed by atoms with Gasteiger partial charge in [-0.1, -0.05) is 22.9 Å². The van der Waals surface area contributed by atoms with Crippen LogP contribution in [0.5, 0.6) is 0 Å². The molecule has 0 aliphatic carbocycles. The lowest BCUT2D eigenvalue weighted by Crippen LogP contribution is -2.55. The maximum atomic E-state index is 12.9. The first kappa shape index (κ1) is 26.5. The van der Waals surface area contributed by atoms with Gasteiger partial charge in [0.25, 0.3) is 5.91 Å². The summed E-state index contributed by atoms with van der Waals surface area (Å²) in [6.45, 7) is 3.62. The molecule has 4 rings (SSSR count). The first-order valence-corrected chi connectivity index (χ1v) is 13.0. The predicted molar refractivity (Wildman–Crippen MR) is 137 cm³/mol. The monoisotopic (exact) mass is 601 g/mol. The largest absolute Gasteiger partial charge is 0.477 e. The van der Waals surface area contributed by atoms with Crippen LogP contribution in [0.25, 0.3) is 11.5 Å². The summed E-state index contributed by atoms with van der Waals surface area (Å²) >= 11 is 10.6. The summed E-state index contributed by atoms with van der Waals surface area (Å²) in [6.07, 6.45) is 1.74. The second-order valence-corrected chi connectivity index (χ2v) is 10.3. The van der Waals surface area contributed by atoms with Gasteiger partial charge >= 0.3 is 5.97 Å². The van der Waals surface area contributed by atoms with Gasteiger partial charge in [0.15, 0.2) is 11.0 Å². The van der Waals surface area contributed by atoms with Gasteiger partial charge in [-0.05, 0) is 29.3 Å². The van der Waals surface area contributed by atoms with E-state index in [1.807, 2.05) is 4.90 Å². The van der Waals surface area contributed by atoms with Crippen molar-refractivity contribution in [1.82, 2.24) is 30.0 Å². The molecular formula is C21H25BrClN7O5S. The van der Waals surface area contributed by atoms with Crippen molar-refractivity contribution >= 4 is 55.9 Å². The van der Waals surface area contributed by atoms with Gasteiger partial charge in [-0.25, -0.2) is 9.78 Å². The van der Waals surface area contributed by atoms with Gasteiger partial charge in [0.1, 0.15) is 22.6 Å². The smallest absolute Gasteiger partial charge is 0.348 e. The fraction of sp³-hybridized carbons (Fsp3) is 0.476. The Morgan fingerprint density at radius 1 is 1.42 bits per heavy atom. The number of rotatable bonds is 9. The Morgan fingerprint density at radius 2 is 2.19 bits per heavy atom. The lowest BCUT2D eigenvalue weighted by Gasteiger charge is -2.37. The molecule has 0 saturated carbocycles. The van der Waals surface area contributed by atoms with Crippen LogP contribution in [-0.2, 0) is 16.0 Å². The van der Waals surface area contributed by atoms with Crippen molar-refractivity contribution in [2.45, 2.75) is 32.0 Å². The van der Waals surface area contributed by atoms with E-state index < -0.39 is 5.97 Å². The number of aryl methyl sites for hydroxylation is 1. The number of carboxylic acid groups (broad SMARTS) is 1. The number of nitrogens with zero attached hydrogens (tertiary/aromatic N) is 5. The van der Waals surface area contributed by atoms with Gasteiger partial charge in [-0.3, -0.25) is 4.79 Å². The topological polar surface area (TPSA) is 147 Å². The van der Waals surface area contributed by atoms with Crippen molar-refractivity contribution in [2.24, 2.45) is 0 Å². The van der Waals surface area contributed by atoms with E-state index in [-0.39, 0.29) is 28.6 Å². The van der Waals surface area contributed by atoms with E-state index in [1.165, 1.54) is 6.33 Å². The summed E-state index contributed by atoms with van der Waals surface area (Å²) < 4.78 is 13.0. The average molecular weight is 603 g/mol. The number of H-pyrrole nitrogens is 1. The molecule has 0 radical (unpaired) electrons. The second-order valence-electron chi connectivity index (χ2n) is 8.16. The molecule has 12 nitrogen and oxygen atoms in total. The van der Waals surface area contributed by atoms with Gasteiger partial charge < -0.3 is 34.3 Å². The van der Waals surface area contributed by atoms with Crippen molar-refractivity contribution in [2.75, 3.05) is 38.8 Å². The van der Waals surface area contributed by atoms with Crippen LogP contribution in [0.15, 0.2) is 10.8 Å². The third-order valence-corrected chi connectivity index (χ3v) is 8.50. The molecule has 1 amide bonds. The van der Waals surface area contributed by atoms with Gasteiger partial charge in [0, 0.05) is 39.5 Å². The number of carbonyl (C=O) groups is 2. The third-order valence-electron chi connectivity index (χ3n) is 5.90. The van der Waals surface area contributed by atoms with E-state index in [9.17, 15) is 14.7 Å². The summed E-state index contributed by atoms with van der Waals surface area (Å²) in [4.78, 5) is 34.5. The third kappa shape index (κ3) is 5.27. The minimum Gasteiger partial charge on any atom is -0.477 e. The molecule has 2 atom stereocenters. The quantitative estimate of drug-likeness (QED) is 0.336. The summed E-state index contributed by atoms with van der Waals surface area (Å²) in [6, 6.07) is -0.261. The fourth-order valence-corrected chi connectivity index (χ4v) is 5.65. The van der Waals surface area contributed by atoms with Crippen LogP contribution < -0.4 is 10.2 Å². The van der Waals surface area contributed by atoms with Gasteiger partial charge in [0.05, 0.1) is 28.2 Å². The molecule has 3 aromatic heterocycles. The maximum Gasteiger partial charge on any atom is 0.348 e. The zero-order valence-corrected chi connectivity index (χ0v) is 22.9. The minimum absolute atomic E-state index is 0.0740. The zero-order chi connectivity index (χ0) is 26.0. The van der Waals surface area contributed by atoms with E-state index in [2.05, 4.69) is 41.4 Å². The Hall–Kier alpha value is -2.52. The van der Waals surface area contributed by atoms with Crippen LogP contribution >= 0.6 is 38.9 Å². The Bertz CT molecular complexity index is 1260. The Balaban J connectivity index is 1.52. The molecule has 1 fully saturated rings. The van der Waals surface area contributed by atoms with Crippen LogP contribution in [0.3, 0.4) is 0 Å². The number of aromatic carboxylic acids is 1. The highest BCUT2D eigenvalue weighted by atomic mass is 79.9. The minimum atomic E-state index is -1.09. The van der Waals surface area contributed by atoms with Crippen molar-refractivity contribution in [3.63, 3.8) is 0 Å². The second kappa shape index (κ2) is 11.3. The van der Waals surface area contributed by atoms with E-state index in [0.717, 1.165) is 11.3 Å². The molecule has 1 aliphatic rings. The molecule has 4 heterocycles. The highest BCUT2D eigenvalue weighted by Gasteiger charge is 2.34. The molecule has 3 N–H and O–H groups in total. The first-order valence-electron chi connectivity index (χ1n) is 11.0. The summed E-state index contributed by atoms with van der Waals surface area (Å²) in [5, 5.41) is 21.8. The number of carbonyl (C=O) groups excluding carboxylic acids is 1. The number of carboxylic acids is 1. The van der Waals surface area contributed by atoms with Crippen LogP contribution in [0.4, 0.5) is 5.13 Å². The number of aromatic nitrogens is 5. The number of halogens is 2. The molecule has 0 bridgehead atoms. The van der Waals surface area contributed by atoms with E-state index in [1.54, 1.807) is 25.7 Å². The zero-order valence-electron chi connectivity index (χ0n) is 19.7. The number of aromatic amines is 1. The van der Waals surface area contributed by atoms with Crippen molar-refractivity contribution < 1.29 is 24.2 Å². The molecule has 15 heteroatoms. The summed E-state index contributed by atoms with van der Waals surface area (Å²) in [5.74, 6) is -1.02. The molecule has 1 saturated heterocycles. The molecule has 0 unspecified atom stereocenters. The number of nitrogens with one attached hydrogen (secondary N) is 2. The standard InChI is InChI=1S/C21H25BrClN7O5S/c1-10-14(23)13(22)15(25-10)19(31)26-11-4-5-29(8-12(11)35-3)21-27-16(17(36-21)20(32)33)18-28-24-9-30(18)6-7-34-2/h9,11-12,25H,4-8H2,1-3H3,(H,26,31)(H,32,33)/t11-,12+/m1/s1. The highest BCUT2D eigenvalue weighted by Crippen LogP contribution is 2.34. The number of piperidine rings is 1. The van der Waals surface area contributed by atoms with Gasteiger partial charge in [-0.2, -0.15) is 0 Å². The van der Waals surface area contributed by atoms with Crippen molar-refractivity contribution in [3.8, 4) is 11.5 Å². The molecule has 0 aromatic carbocycles. The molecule has 194 valence electrons. The number of hydrogen-bond acceptors (Lipinski definition) is 9. The van der Waals surface area contributed by atoms with E-state index in [4.69, 9.17) is 21.1 Å². The Morgan fingerprint density at radius 3 is 2.83 bits per heavy atom. The van der Waals surface area contributed by atoms with Crippen LogP contribution in [0.2, 0.25) is 5.02 Å². The number of methoxy groups -OCH3 is 2. The number of hydrogen-bond donors (Lipinski definition) is 3. The summed E-state index contributed by atoms with van der Waals surface area (Å²) in [7, 11) is 3.16. The SMILES string of the molecule is COCCn1cnnc1-c1nc(N2CC[C@@H](NC(=O)c3[nH]c(C)c(Cl)c3Br)[C@@H](OC)C2)sc1C(=O)O.